The lowest BCUT2D eigenvalue weighted by Gasteiger charge is -2.09. The van der Waals surface area contributed by atoms with Crippen molar-refractivity contribution in [2.75, 3.05) is 27.9 Å². The number of para-hydroxylation sites is 1. The van der Waals surface area contributed by atoms with Crippen LogP contribution in [0.5, 0.6) is 17.2 Å². The van der Waals surface area contributed by atoms with E-state index in [-0.39, 0.29) is 13.2 Å². The predicted molar refractivity (Wildman–Crippen MR) is 112 cm³/mol. The first-order valence-electron chi connectivity index (χ1n) is 9.15. The average molecular weight is 430 g/mol. The summed E-state index contributed by atoms with van der Waals surface area (Å²) in [5, 5.41) is 0. The monoisotopic (exact) mass is 430 g/mol. The zero-order chi connectivity index (χ0) is 21.7. The maximum atomic E-state index is 12.9. The molecule has 0 saturated carbocycles. The molecule has 158 valence electrons. The summed E-state index contributed by atoms with van der Waals surface area (Å²) in [4.78, 5) is 29.7. The normalized spacial score (nSPS) is 11.4. The molecule has 0 bridgehead atoms. The van der Waals surface area contributed by atoms with Crippen molar-refractivity contribution in [2.45, 2.75) is 13.5 Å². The SMILES string of the molecule is CCOC(=O)Cn1c(=NC(=O)c2ccccc2OC)sc2cc(OC)c(OC)cc21. The number of carbonyl (C=O) groups excluding carboxylic acids is 2. The average Bonchev–Trinajstić information content (AvgIpc) is 3.08. The molecule has 0 aliphatic carbocycles. The summed E-state index contributed by atoms with van der Waals surface area (Å²) in [7, 11) is 4.56. The van der Waals surface area contributed by atoms with Crippen molar-refractivity contribution in [3.63, 3.8) is 0 Å². The predicted octanol–water partition coefficient (Wildman–Crippen LogP) is 3.03. The Morgan fingerprint density at radius 3 is 2.33 bits per heavy atom. The Morgan fingerprint density at radius 1 is 1.00 bits per heavy atom. The first-order valence-corrected chi connectivity index (χ1v) is 9.97. The number of benzene rings is 2. The number of esters is 1. The number of thiazole rings is 1. The minimum absolute atomic E-state index is 0.0959. The molecule has 1 aromatic heterocycles. The van der Waals surface area contributed by atoms with E-state index in [9.17, 15) is 9.59 Å². The molecule has 0 saturated heterocycles. The van der Waals surface area contributed by atoms with Gasteiger partial charge in [-0.2, -0.15) is 4.99 Å². The van der Waals surface area contributed by atoms with Gasteiger partial charge in [-0.05, 0) is 19.1 Å². The molecule has 0 radical (unpaired) electrons. The molecule has 0 aliphatic heterocycles. The standard InChI is InChI=1S/C21H22N2O6S/c1-5-29-19(24)12-23-14-10-16(27-3)17(28-4)11-18(14)30-21(23)22-20(25)13-8-6-7-9-15(13)26-2/h6-11H,5,12H2,1-4H3. The molecular formula is C21H22N2O6S. The topological polar surface area (TPSA) is 88.4 Å². The summed E-state index contributed by atoms with van der Waals surface area (Å²) in [6, 6.07) is 10.4. The van der Waals surface area contributed by atoms with Crippen LogP contribution in [-0.2, 0) is 16.1 Å². The highest BCUT2D eigenvalue weighted by Gasteiger charge is 2.17. The lowest BCUT2D eigenvalue weighted by molar-refractivity contribution is -0.143. The van der Waals surface area contributed by atoms with Crippen LogP contribution in [0.15, 0.2) is 41.4 Å². The second-order valence-corrected chi connectivity index (χ2v) is 7.08. The van der Waals surface area contributed by atoms with Crippen LogP contribution in [0.2, 0.25) is 0 Å². The Kier molecular flexibility index (Phi) is 6.73. The van der Waals surface area contributed by atoms with E-state index in [0.29, 0.717) is 33.1 Å². The summed E-state index contributed by atoms with van der Waals surface area (Å²) in [5.41, 5.74) is 1.01. The van der Waals surface area contributed by atoms with Crippen LogP contribution < -0.4 is 19.0 Å². The number of methoxy groups -OCH3 is 3. The van der Waals surface area contributed by atoms with E-state index in [4.69, 9.17) is 18.9 Å². The molecule has 0 atom stereocenters. The Morgan fingerprint density at radius 2 is 1.67 bits per heavy atom. The Bertz CT molecular complexity index is 1150. The van der Waals surface area contributed by atoms with E-state index in [1.54, 1.807) is 55.0 Å². The Hall–Kier alpha value is -3.33. The number of amides is 1. The molecule has 3 aromatic rings. The van der Waals surface area contributed by atoms with Gasteiger partial charge in [0.15, 0.2) is 16.3 Å². The highest BCUT2D eigenvalue weighted by Crippen LogP contribution is 2.33. The molecule has 0 N–H and O–H groups in total. The first kappa shape index (κ1) is 21.4. The highest BCUT2D eigenvalue weighted by molar-refractivity contribution is 7.16. The zero-order valence-corrected chi connectivity index (χ0v) is 17.9. The summed E-state index contributed by atoms with van der Waals surface area (Å²) >= 11 is 1.26. The van der Waals surface area contributed by atoms with Crippen molar-refractivity contribution in [3.8, 4) is 17.2 Å². The third kappa shape index (κ3) is 4.30. The van der Waals surface area contributed by atoms with E-state index in [2.05, 4.69) is 4.99 Å². The number of hydrogen-bond donors (Lipinski definition) is 0. The van der Waals surface area contributed by atoms with Gasteiger partial charge in [0.2, 0.25) is 0 Å². The quantitative estimate of drug-likeness (QED) is 0.536. The molecule has 0 spiro atoms. The van der Waals surface area contributed by atoms with Crippen LogP contribution >= 0.6 is 11.3 Å². The molecule has 3 rings (SSSR count). The lowest BCUT2D eigenvalue weighted by Crippen LogP contribution is -2.23. The molecule has 0 aliphatic rings. The van der Waals surface area contributed by atoms with E-state index in [1.807, 2.05) is 0 Å². The van der Waals surface area contributed by atoms with Crippen LogP contribution in [-0.4, -0.2) is 44.4 Å². The Balaban J connectivity index is 2.19. The Labute approximate surface area is 177 Å². The number of fused-ring (bicyclic) bond motifs is 1. The second kappa shape index (κ2) is 9.45. The maximum Gasteiger partial charge on any atom is 0.326 e. The summed E-state index contributed by atoms with van der Waals surface area (Å²) < 4.78 is 23.5. The molecule has 30 heavy (non-hydrogen) atoms. The summed E-state index contributed by atoms with van der Waals surface area (Å²) in [5.74, 6) is 0.557. The second-order valence-electron chi connectivity index (χ2n) is 6.07. The number of ether oxygens (including phenoxy) is 4. The van der Waals surface area contributed by atoms with Gasteiger partial charge in [0, 0.05) is 12.1 Å². The van der Waals surface area contributed by atoms with Crippen molar-refractivity contribution < 1.29 is 28.5 Å². The van der Waals surface area contributed by atoms with E-state index in [1.165, 1.54) is 25.6 Å². The van der Waals surface area contributed by atoms with Crippen LogP contribution in [0.1, 0.15) is 17.3 Å². The minimum atomic E-state index is -0.476. The maximum absolute atomic E-state index is 12.9. The fourth-order valence-corrected chi connectivity index (χ4v) is 3.98. The number of rotatable bonds is 7. The first-order chi connectivity index (χ1) is 14.5. The molecule has 0 unspecified atom stereocenters. The van der Waals surface area contributed by atoms with Crippen molar-refractivity contribution >= 4 is 33.4 Å². The van der Waals surface area contributed by atoms with Crippen molar-refractivity contribution in [3.05, 3.63) is 46.8 Å². The highest BCUT2D eigenvalue weighted by atomic mass is 32.1. The van der Waals surface area contributed by atoms with Gasteiger partial charge in [-0.25, -0.2) is 0 Å². The number of nitrogens with zero attached hydrogens (tertiary/aromatic N) is 2. The van der Waals surface area contributed by atoms with Crippen LogP contribution in [0.4, 0.5) is 0 Å². The molecule has 8 nitrogen and oxygen atoms in total. The van der Waals surface area contributed by atoms with Gasteiger partial charge in [0.05, 0.1) is 43.7 Å². The summed E-state index contributed by atoms with van der Waals surface area (Å²) in [6.45, 7) is 1.89. The zero-order valence-electron chi connectivity index (χ0n) is 17.1. The fraction of sp³-hybridized carbons (Fsp3) is 0.286. The number of carbonyl (C=O) groups is 2. The number of hydrogen-bond acceptors (Lipinski definition) is 7. The van der Waals surface area contributed by atoms with Gasteiger partial charge in [-0.1, -0.05) is 23.5 Å². The van der Waals surface area contributed by atoms with Crippen molar-refractivity contribution in [1.82, 2.24) is 4.57 Å². The molecule has 1 amide bonds. The van der Waals surface area contributed by atoms with Gasteiger partial charge in [0.1, 0.15) is 12.3 Å². The number of aromatic nitrogens is 1. The largest absolute Gasteiger partial charge is 0.496 e. The minimum Gasteiger partial charge on any atom is -0.496 e. The van der Waals surface area contributed by atoms with Gasteiger partial charge in [0.25, 0.3) is 5.91 Å². The molecular weight excluding hydrogens is 408 g/mol. The molecule has 9 heteroatoms. The van der Waals surface area contributed by atoms with Gasteiger partial charge in [-0.3, -0.25) is 9.59 Å². The fourth-order valence-electron chi connectivity index (χ4n) is 2.94. The van der Waals surface area contributed by atoms with E-state index < -0.39 is 11.9 Å². The molecule has 2 aromatic carbocycles. The molecule has 0 fully saturated rings. The third-order valence-electron chi connectivity index (χ3n) is 4.32. The molecule has 1 heterocycles. The van der Waals surface area contributed by atoms with Gasteiger partial charge >= 0.3 is 5.97 Å². The van der Waals surface area contributed by atoms with Crippen LogP contribution in [0.3, 0.4) is 0 Å². The third-order valence-corrected chi connectivity index (χ3v) is 5.36. The van der Waals surface area contributed by atoms with Crippen LogP contribution in [0.25, 0.3) is 10.2 Å². The van der Waals surface area contributed by atoms with Gasteiger partial charge < -0.3 is 23.5 Å². The van der Waals surface area contributed by atoms with Gasteiger partial charge in [-0.15, -0.1) is 0 Å². The smallest absolute Gasteiger partial charge is 0.326 e. The van der Waals surface area contributed by atoms with Crippen LogP contribution in [0, 0.1) is 0 Å². The van der Waals surface area contributed by atoms with Crippen molar-refractivity contribution in [1.29, 1.82) is 0 Å². The summed E-state index contributed by atoms with van der Waals surface area (Å²) in [6.07, 6.45) is 0. The van der Waals surface area contributed by atoms with E-state index >= 15 is 0 Å². The van der Waals surface area contributed by atoms with Crippen molar-refractivity contribution in [2.24, 2.45) is 4.99 Å². The van der Waals surface area contributed by atoms with E-state index in [0.717, 1.165) is 4.70 Å². The lowest BCUT2D eigenvalue weighted by atomic mass is 10.2.